The van der Waals surface area contributed by atoms with Gasteiger partial charge in [-0.05, 0) is 34.1 Å². The summed E-state index contributed by atoms with van der Waals surface area (Å²) < 4.78 is 26.4. The number of unbranched alkanes of at least 4 members (excludes halogenated alkanes) is 1. The van der Waals surface area contributed by atoms with Gasteiger partial charge in [0.2, 0.25) is 0 Å². The van der Waals surface area contributed by atoms with Gasteiger partial charge in [-0.15, -0.1) is 0 Å². The molecular formula is C20H30O10. The van der Waals surface area contributed by atoms with E-state index in [9.17, 15) is 19.2 Å². The predicted molar refractivity (Wildman–Crippen MR) is 102 cm³/mol. The second kappa shape index (κ2) is 11.4. The molecule has 1 aliphatic rings. The third kappa shape index (κ3) is 8.71. The van der Waals surface area contributed by atoms with Gasteiger partial charge in [0.25, 0.3) is 0 Å². The number of cyclic esters (lactones) is 1. The Balaban J connectivity index is 2.94. The summed E-state index contributed by atoms with van der Waals surface area (Å²) in [5.41, 5.74) is -0.607. The molecule has 1 heterocycles. The minimum Gasteiger partial charge on any atom is -0.493 e. The molecule has 2 unspecified atom stereocenters. The summed E-state index contributed by atoms with van der Waals surface area (Å²) in [4.78, 5) is 46.6. The number of carbonyl (C=O) groups excluding carboxylic acids is 3. The maximum atomic E-state index is 12.2. The molecule has 0 aromatic rings. The fourth-order valence-corrected chi connectivity index (χ4v) is 2.37. The number of hydrogen-bond donors (Lipinski definition) is 1. The first-order valence-electron chi connectivity index (χ1n) is 9.76. The maximum Gasteiger partial charge on any atom is 0.509 e. The number of esters is 2. The van der Waals surface area contributed by atoms with Gasteiger partial charge >= 0.3 is 24.1 Å². The number of carbonyl (C=O) groups is 4. The first-order valence-corrected chi connectivity index (χ1v) is 9.76. The third-order valence-electron chi connectivity index (χ3n) is 3.85. The number of rotatable bonds is 11. The lowest BCUT2D eigenvalue weighted by atomic mass is 10.1. The molecule has 0 amide bonds. The molecule has 0 aromatic heterocycles. The third-order valence-corrected chi connectivity index (χ3v) is 3.85. The highest BCUT2D eigenvalue weighted by atomic mass is 16.7. The number of aliphatic carboxylic acids is 1. The monoisotopic (exact) mass is 430 g/mol. The summed E-state index contributed by atoms with van der Waals surface area (Å²) in [5.74, 6) is -2.39. The van der Waals surface area contributed by atoms with E-state index in [0.717, 1.165) is 12.8 Å². The van der Waals surface area contributed by atoms with Crippen molar-refractivity contribution in [3.63, 3.8) is 0 Å². The summed E-state index contributed by atoms with van der Waals surface area (Å²) in [6.07, 6.45) is -2.54. The molecule has 0 bridgehead atoms. The van der Waals surface area contributed by atoms with E-state index in [1.54, 1.807) is 20.8 Å². The molecule has 0 radical (unpaired) electrons. The van der Waals surface area contributed by atoms with E-state index in [1.165, 1.54) is 6.92 Å². The smallest absolute Gasteiger partial charge is 0.493 e. The number of hydrogen-bond acceptors (Lipinski definition) is 9. The second-order valence-electron chi connectivity index (χ2n) is 7.71. The van der Waals surface area contributed by atoms with Crippen molar-refractivity contribution in [3.8, 4) is 0 Å². The van der Waals surface area contributed by atoms with Gasteiger partial charge in [-0.2, -0.15) is 0 Å². The average Bonchev–Trinajstić information content (AvgIpc) is 2.90. The van der Waals surface area contributed by atoms with Crippen LogP contribution in [-0.4, -0.2) is 60.2 Å². The highest BCUT2D eigenvalue weighted by Gasteiger charge is 2.42. The molecule has 1 rings (SSSR count). The average molecular weight is 430 g/mol. The van der Waals surface area contributed by atoms with Crippen LogP contribution in [0.5, 0.6) is 0 Å². The molecule has 10 heteroatoms. The van der Waals surface area contributed by atoms with Crippen LogP contribution in [0.25, 0.3) is 0 Å². The fraction of sp³-hybridized carbons (Fsp3) is 0.700. The fourth-order valence-electron chi connectivity index (χ4n) is 2.37. The van der Waals surface area contributed by atoms with Crippen LogP contribution in [-0.2, 0) is 38.1 Å². The summed E-state index contributed by atoms with van der Waals surface area (Å²) in [6, 6.07) is 0. The number of carboxylic acids is 1. The van der Waals surface area contributed by atoms with Crippen molar-refractivity contribution >= 4 is 24.1 Å². The van der Waals surface area contributed by atoms with Crippen molar-refractivity contribution in [1.82, 2.24) is 0 Å². The van der Waals surface area contributed by atoms with Gasteiger partial charge in [-0.3, -0.25) is 9.59 Å². The number of carboxylic acid groups (broad SMARTS) is 1. The van der Waals surface area contributed by atoms with Gasteiger partial charge in [0.05, 0.1) is 25.0 Å². The first kappa shape index (κ1) is 25.3. The minimum absolute atomic E-state index is 0.198. The van der Waals surface area contributed by atoms with Crippen molar-refractivity contribution in [3.05, 3.63) is 11.3 Å². The highest BCUT2D eigenvalue weighted by Crippen LogP contribution is 2.28. The molecule has 2 atom stereocenters. The van der Waals surface area contributed by atoms with Crippen LogP contribution in [0.2, 0.25) is 0 Å². The summed E-state index contributed by atoms with van der Waals surface area (Å²) >= 11 is 0. The van der Waals surface area contributed by atoms with Crippen LogP contribution >= 0.6 is 0 Å². The Morgan fingerprint density at radius 1 is 1.20 bits per heavy atom. The van der Waals surface area contributed by atoms with E-state index in [0.29, 0.717) is 6.61 Å². The molecule has 10 nitrogen and oxygen atoms in total. The SMILES string of the molecule is CCCCOC1=C(C)C(=O)OC1C(COC(=O)CCC(=O)O)OC(=O)OC(C)(C)C. The molecule has 0 saturated carbocycles. The quantitative estimate of drug-likeness (QED) is 0.296. The van der Waals surface area contributed by atoms with Crippen LogP contribution in [0.4, 0.5) is 4.79 Å². The zero-order valence-corrected chi connectivity index (χ0v) is 18.0. The molecule has 1 N–H and O–H groups in total. The molecule has 0 aromatic carbocycles. The largest absolute Gasteiger partial charge is 0.509 e. The Kier molecular flexibility index (Phi) is 9.61. The van der Waals surface area contributed by atoms with Crippen molar-refractivity contribution in [2.24, 2.45) is 0 Å². The van der Waals surface area contributed by atoms with E-state index in [1.807, 2.05) is 6.92 Å². The van der Waals surface area contributed by atoms with Gasteiger partial charge in [0.15, 0.2) is 18.0 Å². The van der Waals surface area contributed by atoms with Crippen molar-refractivity contribution in [1.29, 1.82) is 0 Å². The summed E-state index contributed by atoms with van der Waals surface area (Å²) in [5, 5.41) is 8.66. The Bertz CT molecular complexity index is 674. The van der Waals surface area contributed by atoms with E-state index < -0.39 is 54.9 Å². The van der Waals surface area contributed by atoms with Crippen molar-refractivity contribution < 1.29 is 48.0 Å². The van der Waals surface area contributed by atoms with Crippen LogP contribution in [0.15, 0.2) is 11.3 Å². The standard InChI is InChI=1S/C20H30O10/c1-6-7-10-26-16-12(2)18(24)29-17(16)13(28-19(25)30-20(3,4)5)11-27-15(23)9-8-14(21)22/h13,17H,6-11H2,1-5H3,(H,21,22). The first-order chi connectivity index (χ1) is 13.9. The Hall–Kier alpha value is -2.78. The minimum atomic E-state index is -1.23. The summed E-state index contributed by atoms with van der Waals surface area (Å²) in [6.45, 7) is 8.30. The molecule has 30 heavy (non-hydrogen) atoms. The second-order valence-corrected chi connectivity index (χ2v) is 7.71. The van der Waals surface area contributed by atoms with Crippen LogP contribution in [0.3, 0.4) is 0 Å². The normalized spacial score (nSPS) is 17.2. The van der Waals surface area contributed by atoms with Gasteiger partial charge < -0.3 is 28.8 Å². The van der Waals surface area contributed by atoms with Gasteiger partial charge in [0, 0.05) is 0 Å². The molecule has 170 valence electrons. The van der Waals surface area contributed by atoms with Gasteiger partial charge in [-0.25, -0.2) is 9.59 Å². The number of ether oxygens (including phenoxy) is 5. The van der Waals surface area contributed by atoms with Crippen molar-refractivity contribution in [2.45, 2.75) is 78.1 Å². The molecule has 0 aliphatic carbocycles. The lowest BCUT2D eigenvalue weighted by Gasteiger charge is -2.26. The molecule has 1 aliphatic heterocycles. The Labute approximate surface area is 175 Å². The Morgan fingerprint density at radius 2 is 1.87 bits per heavy atom. The van der Waals surface area contributed by atoms with Crippen molar-refractivity contribution in [2.75, 3.05) is 13.2 Å². The van der Waals surface area contributed by atoms with Crippen LogP contribution in [0, 0.1) is 0 Å². The van der Waals surface area contributed by atoms with Crippen LogP contribution < -0.4 is 0 Å². The zero-order chi connectivity index (χ0) is 22.9. The van der Waals surface area contributed by atoms with Gasteiger partial charge in [0.1, 0.15) is 12.2 Å². The van der Waals surface area contributed by atoms with Crippen LogP contribution in [0.1, 0.15) is 60.3 Å². The zero-order valence-electron chi connectivity index (χ0n) is 18.0. The van der Waals surface area contributed by atoms with E-state index in [2.05, 4.69) is 0 Å². The summed E-state index contributed by atoms with van der Waals surface area (Å²) in [7, 11) is 0. The molecule has 0 saturated heterocycles. The Morgan fingerprint density at radius 3 is 2.43 bits per heavy atom. The van der Waals surface area contributed by atoms with Gasteiger partial charge in [-0.1, -0.05) is 13.3 Å². The van der Waals surface area contributed by atoms with E-state index in [4.69, 9.17) is 28.8 Å². The lowest BCUT2D eigenvalue weighted by molar-refractivity contribution is -0.158. The maximum absolute atomic E-state index is 12.2. The van der Waals surface area contributed by atoms with E-state index >= 15 is 0 Å². The predicted octanol–water partition coefficient (Wildman–Crippen LogP) is 2.73. The molecular weight excluding hydrogens is 400 g/mol. The highest BCUT2D eigenvalue weighted by molar-refractivity contribution is 5.91. The lowest BCUT2D eigenvalue weighted by Crippen LogP contribution is -2.40. The van der Waals surface area contributed by atoms with E-state index in [-0.39, 0.29) is 17.8 Å². The molecule has 0 spiro atoms. The molecule has 0 fully saturated rings. The topological polar surface area (TPSA) is 135 Å².